The van der Waals surface area contributed by atoms with E-state index >= 15 is 0 Å². The van der Waals surface area contributed by atoms with Crippen molar-refractivity contribution in [3.8, 4) is 5.75 Å². The molecule has 11 heteroatoms. The standard InChI is InChI=1S/C28H22Cl2N2O6S/c29-21-12-9-17(14-22(21)30)25(34)31(32-26(35)19-4-1-2-5-20(19)27(32)36)15-23(33)16-7-10-18(11-8-16)38-28(37)24-6-3-13-39-24/h3,6-14,19-20H,1-2,4-5,15H2/t19-,20+. The van der Waals surface area contributed by atoms with Crippen LogP contribution < -0.4 is 4.74 Å². The molecule has 0 bridgehead atoms. The molecule has 0 spiro atoms. The number of carbonyl (C=O) groups is 5. The number of ether oxygens (including phenoxy) is 1. The van der Waals surface area contributed by atoms with Gasteiger partial charge in [-0.3, -0.25) is 19.2 Å². The summed E-state index contributed by atoms with van der Waals surface area (Å²) in [4.78, 5) is 66.2. The number of thiophene rings is 1. The first-order valence-electron chi connectivity index (χ1n) is 12.3. The number of fused-ring (bicyclic) bond motifs is 1. The lowest BCUT2D eigenvalue weighted by atomic mass is 9.81. The summed E-state index contributed by atoms with van der Waals surface area (Å²) in [6.45, 7) is -0.565. The summed E-state index contributed by atoms with van der Waals surface area (Å²) in [6.07, 6.45) is 2.74. The van der Waals surface area contributed by atoms with E-state index in [1.807, 2.05) is 0 Å². The van der Waals surface area contributed by atoms with Crippen molar-refractivity contribution in [1.29, 1.82) is 0 Å². The molecule has 0 unspecified atom stereocenters. The number of benzene rings is 2. The van der Waals surface area contributed by atoms with Gasteiger partial charge in [0.1, 0.15) is 17.2 Å². The Bertz CT molecular complexity index is 1430. The van der Waals surface area contributed by atoms with E-state index in [9.17, 15) is 24.0 Å². The largest absolute Gasteiger partial charge is 0.422 e. The first-order chi connectivity index (χ1) is 18.7. The number of Topliss-reactive ketones (excluding diaryl/α,β-unsaturated/α-hetero) is 1. The fourth-order valence-electron chi connectivity index (χ4n) is 4.88. The van der Waals surface area contributed by atoms with Crippen LogP contribution in [0.5, 0.6) is 5.75 Å². The number of carbonyl (C=O) groups excluding carboxylic acids is 5. The molecule has 2 aromatic carbocycles. The minimum atomic E-state index is -0.733. The summed E-state index contributed by atoms with van der Waals surface area (Å²) in [5, 5.41) is 3.84. The van der Waals surface area contributed by atoms with Crippen molar-refractivity contribution in [3.63, 3.8) is 0 Å². The Kier molecular flexibility index (Phi) is 7.83. The number of halogens is 2. The maximum absolute atomic E-state index is 13.6. The zero-order chi connectivity index (χ0) is 27.7. The summed E-state index contributed by atoms with van der Waals surface area (Å²) < 4.78 is 5.33. The van der Waals surface area contributed by atoms with E-state index in [2.05, 4.69) is 0 Å². The molecule has 1 saturated carbocycles. The van der Waals surface area contributed by atoms with E-state index in [-0.39, 0.29) is 26.9 Å². The number of imide groups is 1. The van der Waals surface area contributed by atoms with Gasteiger partial charge in [-0.05, 0) is 66.8 Å². The summed E-state index contributed by atoms with van der Waals surface area (Å²) >= 11 is 13.4. The maximum atomic E-state index is 13.6. The highest BCUT2D eigenvalue weighted by atomic mass is 35.5. The Labute approximate surface area is 238 Å². The van der Waals surface area contributed by atoms with E-state index in [1.54, 1.807) is 17.5 Å². The van der Waals surface area contributed by atoms with Crippen LogP contribution in [0.1, 0.15) is 56.1 Å². The minimum absolute atomic E-state index is 0.0727. The van der Waals surface area contributed by atoms with Crippen molar-refractivity contribution in [2.24, 2.45) is 11.8 Å². The van der Waals surface area contributed by atoms with Crippen molar-refractivity contribution in [2.45, 2.75) is 25.7 Å². The maximum Gasteiger partial charge on any atom is 0.353 e. The third-order valence-electron chi connectivity index (χ3n) is 6.86. The van der Waals surface area contributed by atoms with Crippen LogP contribution in [0.3, 0.4) is 0 Å². The fraction of sp³-hybridized carbons (Fsp3) is 0.250. The zero-order valence-corrected chi connectivity index (χ0v) is 22.8. The Morgan fingerprint density at radius 2 is 1.54 bits per heavy atom. The average Bonchev–Trinajstić information content (AvgIpc) is 3.57. The van der Waals surface area contributed by atoms with Gasteiger partial charge in [0.05, 0.1) is 21.9 Å². The summed E-state index contributed by atoms with van der Waals surface area (Å²) in [7, 11) is 0. The summed E-state index contributed by atoms with van der Waals surface area (Å²) in [5.41, 5.74) is 0.276. The molecule has 2 aliphatic rings. The first kappa shape index (κ1) is 27.1. The van der Waals surface area contributed by atoms with Crippen LogP contribution in [-0.4, -0.2) is 46.0 Å². The van der Waals surface area contributed by atoms with Crippen LogP contribution in [0.15, 0.2) is 60.0 Å². The molecule has 3 amide bonds. The molecule has 2 fully saturated rings. The molecular formula is C28H22Cl2N2O6S. The lowest BCUT2D eigenvalue weighted by Crippen LogP contribution is -2.52. The van der Waals surface area contributed by atoms with Gasteiger partial charge in [0.15, 0.2) is 5.78 Å². The van der Waals surface area contributed by atoms with Gasteiger partial charge in [0.25, 0.3) is 17.7 Å². The molecule has 0 N–H and O–H groups in total. The van der Waals surface area contributed by atoms with Gasteiger partial charge >= 0.3 is 5.97 Å². The highest BCUT2D eigenvalue weighted by Crippen LogP contribution is 2.39. The molecule has 1 saturated heterocycles. The molecular weight excluding hydrogens is 563 g/mol. The predicted octanol–water partition coefficient (Wildman–Crippen LogP) is 5.69. The predicted molar refractivity (Wildman–Crippen MR) is 145 cm³/mol. The third-order valence-corrected chi connectivity index (χ3v) is 8.45. The molecule has 1 aliphatic heterocycles. The number of nitrogens with zero attached hydrogens (tertiary/aromatic N) is 2. The van der Waals surface area contributed by atoms with Crippen molar-refractivity contribution >= 4 is 64.0 Å². The Hall–Kier alpha value is -3.53. The SMILES string of the molecule is O=C(CN(C(=O)c1ccc(Cl)c(Cl)c1)N1C(=O)[C@H]2CCCC[C@H]2C1=O)c1ccc(OC(=O)c2cccs2)cc1. The zero-order valence-electron chi connectivity index (χ0n) is 20.5. The van der Waals surface area contributed by atoms with Crippen LogP contribution in [0, 0.1) is 11.8 Å². The molecule has 2 atom stereocenters. The number of hydrogen-bond donors (Lipinski definition) is 0. The second-order valence-electron chi connectivity index (χ2n) is 9.29. The number of amides is 3. The second kappa shape index (κ2) is 11.3. The Morgan fingerprint density at radius 1 is 0.897 bits per heavy atom. The van der Waals surface area contributed by atoms with Gasteiger partial charge < -0.3 is 4.74 Å². The molecule has 39 heavy (non-hydrogen) atoms. The number of ketones is 1. The van der Waals surface area contributed by atoms with Gasteiger partial charge in [-0.15, -0.1) is 11.3 Å². The number of esters is 1. The highest BCUT2D eigenvalue weighted by molar-refractivity contribution is 7.12. The van der Waals surface area contributed by atoms with E-state index in [1.165, 1.54) is 53.8 Å². The fourth-order valence-corrected chi connectivity index (χ4v) is 5.78. The van der Waals surface area contributed by atoms with Crippen molar-refractivity contribution < 1.29 is 28.7 Å². The number of hydrazine groups is 1. The van der Waals surface area contributed by atoms with Crippen molar-refractivity contribution in [3.05, 3.63) is 86.0 Å². The molecule has 200 valence electrons. The van der Waals surface area contributed by atoms with Crippen LogP contribution in [0.2, 0.25) is 10.0 Å². The van der Waals surface area contributed by atoms with E-state index in [0.29, 0.717) is 17.7 Å². The van der Waals surface area contributed by atoms with Gasteiger partial charge in [0.2, 0.25) is 0 Å². The molecule has 0 radical (unpaired) electrons. The number of rotatable bonds is 7. The first-order valence-corrected chi connectivity index (χ1v) is 13.9. The summed E-state index contributed by atoms with van der Waals surface area (Å²) in [6, 6.07) is 13.4. The number of hydrogen-bond acceptors (Lipinski definition) is 7. The summed E-state index contributed by atoms with van der Waals surface area (Å²) in [5.74, 6) is -3.52. The van der Waals surface area contributed by atoms with Crippen molar-refractivity contribution in [2.75, 3.05) is 6.54 Å². The van der Waals surface area contributed by atoms with Crippen LogP contribution in [0.4, 0.5) is 0 Å². The molecule has 1 aliphatic carbocycles. The second-order valence-corrected chi connectivity index (χ2v) is 11.1. The van der Waals surface area contributed by atoms with Crippen molar-refractivity contribution in [1.82, 2.24) is 10.0 Å². The van der Waals surface area contributed by atoms with Crippen LogP contribution in [0.25, 0.3) is 0 Å². The van der Waals surface area contributed by atoms with Crippen LogP contribution in [-0.2, 0) is 9.59 Å². The Morgan fingerprint density at radius 3 is 2.13 bits per heavy atom. The van der Waals surface area contributed by atoms with Gasteiger partial charge in [0, 0.05) is 11.1 Å². The normalized spacial score (nSPS) is 18.6. The van der Waals surface area contributed by atoms with Gasteiger partial charge in [-0.25, -0.2) is 9.80 Å². The molecule has 5 rings (SSSR count). The van der Waals surface area contributed by atoms with E-state index < -0.39 is 47.9 Å². The lowest BCUT2D eigenvalue weighted by molar-refractivity contribution is -0.154. The third kappa shape index (κ3) is 5.48. The quantitative estimate of drug-likeness (QED) is 0.153. The van der Waals surface area contributed by atoms with E-state index in [0.717, 1.165) is 22.9 Å². The van der Waals surface area contributed by atoms with Crippen LogP contribution >= 0.6 is 34.5 Å². The monoisotopic (exact) mass is 584 g/mol. The topological polar surface area (TPSA) is 101 Å². The van der Waals surface area contributed by atoms with E-state index in [4.69, 9.17) is 27.9 Å². The molecule has 3 aromatic rings. The lowest BCUT2D eigenvalue weighted by Gasteiger charge is -2.30. The van der Waals surface area contributed by atoms with Gasteiger partial charge in [-0.1, -0.05) is 42.1 Å². The highest BCUT2D eigenvalue weighted by Gasteiger charge is 2.51. The molecule has 1 aromatic heterocycles. The minimum Gasteiger partial charge on any atom is -0.422 e. The van der Waals surface area contributed by atoms with Gasteiger partial charge in [-0.2, -0.15) is 5.01 Å². The Balaban J connectivity index is 1.40. The smallest absolute Gasteiger partial charge is 0.353 e. The average molecular weight is 585 g/mol. The molecule has 8 nitrogen and oxygen atoms in total. The molecule has 2 heterocycles.